The van der Waals surface area contributed by atoms with Gasteiger partial charge in [-0.2, -0.15) is 0 Å². The van der Waals surface area contributed by atoms with Crippen LogP contribution in [0.1, 0.15) is 33.9 Å². The average molecular weight is 226 g/mol. The molecule has 1 N–H and O–H groups in total. The molecule has 0 amide bonds. The van der Waals surface area contributed by atoms with Gasteiger partial charge in [-0.3, -0.25) is 0 Å². The highest BCUT2D eigenvalue weighted by molar-refractivity contribution is 5.42. The lowest BCUT2D eigenvalue weighted by Gasteiger charge is -2.17. The van der Waals surface area contributed by atoms with Crippen molar-refractivity contribution in [1.29, 1.82) is 0 Å². The van der Waals surface area contributed by atoms with Crippen molar-refractivity contribution in [3.8, 4) is 0 Å². The van der Waals surface area contributed by atoms with E-state index in [-0.39, 0.29) is 0 Å². The molecule has 0 aromatic heterocycles. The van der Waals surface area contributed by atoms with Crippen LogP contribution in [0.3, 0.4) is 0 Å². The third-order valence-corrected chi connectivity index (χ3v) is 3.13. The fourth-order valence-electron chi connectivity index (χ4n) is 2.42. The summed E-state index contributed by atoms with van der Waals surface area (Å²) < 4.78 is 0. The molecule has 2 aromatic carbocycles. The van der Waals surface area contributed by atoms with Crippen molar-refractivity contribution < 1.29 is 5.11 Å². The smallest absolute Gasteiger partial charge is 0.105 e. The van der Waals surface area contributed by atoms with Crippen LogP contribution in [-0.2, 0) is 0 Å². The van der Waals surface area contributed by atoms with Crippen molar-refractivity contribution >= 4 is 0 Å². The maximum atomic E-state index is 10.4. The molecule has 1 nitrogen and oxygen atoms in total. The zero-order valence-corrected chi connectivity index (χ0v) is 10.6. The van der Waals surface area contributed by atoms with Gasteiger partial charge in [0.1, 0.15) is 6.10 Å². The molecule has 0 aliphatic rings. The number of aliphatic hydroxyl groups excluding tert-OH is 1. The van der Waals surface area contributed by atoms with E-state index in [1.165, 1.54) is 5.56 Å². The Kier molecular flexibility index (Phi) is 3.30. The van der Waals surface area contributed by atoms with Crippen molar-refractivity contribution in [1.82, 2.24) is 0 Å². The van der Waals surface area contributed by atoms with Gasteiger partial charge in [0.25, 0.3) is 0 Å². The molecule has 0 aliphatic heterocycles. The molecule has 2 rings (SSSR count). The molecule has 0 radical (unpaired) electrons. The second-order valence-corrected chi connectivity index (χ2v) is 4.63. The lowest BCUT2D eigenvalue weighted by Crippen LogP contribution is -2.04. The second kappa shape index (κ2) is 4.72. The Labute approximate surface area is 103 Å². The van der Waals surface area contributed by atoms with Crippen molar-refractivity contribution in [2.24, 2.45) is 0 Å². The molecule has 2 aromatic rings. The van der Waals surface area contributed by atoms with Gasteiger partial charge in [-0.15, -0.1) is 0 Å². The van der Waals surface area contributed by atoms with E-state index in [0.29, 0.717) is 0 Å². The van der Waals surface area contributed by atoms with Gasteiger partial charge in [0, 0.05) is 0 Å². The summed E-state index contributed by atoms with van der Waals surface area (Å²) in [5.74, 6) is 0. The first-order valence-corrected chi connectivity index (χ1v) is 5.90. The fraction of sp³-hybridized carbons (Fsp3) is 0.250. The van der Waals surface area contributed by atoms with E-state index in [0.717, 1.165) is 22.3 Å². The lowest BCUT2D eigenvalue weighted by atomic mass is 9.92. The predicted molar refractivity (Wildman–Crippen MR) is 71.2 cm³/mol. The molecular formula is C16H18O. The van der Waals surface area contributed by atoms with Crippen LogP contribution in [0.5, 0.6) is 0 Å². The van der Waals surface area contributed by atoms with Crippen LogP contribution in [0, 0.1) is 20.8 Å². The quantitative estimate of drug-likeness (QED) is 0.828. The van der Waals surface area contributed by atoms with Crippen LogP contribution in [0.4, 0.5) is 0 Å². The second-order valence-electron chi connectivity index (χ2n) is 4.63. The Morgan fingerprint density at radius 2 is 1.41 bits per heavy atom. The van der Waals surface area contributed by atoms with E-state index in [4.69, 9.17) is 0 Å². The van der Waals surface area contributed by atoms with Gasteiger partial charge >= 0.3 is 0 Å². The third-order valence-electron chi connectivity index (χ3n) is 3.13. The minimum absolute atomic E-state index is 0.531. The van der Waals surface area contributed by atoms with E-state index in [9.17, 15) is 5.11 Å². The highest BCUT2D eigenvalue weighted by Crippen LogP contribution is 2.28. The van der Waals surface area contributed by atoms with E-state index < -0.39 is 6.10 Å². The Balaban J connectivity index is 2.48. The first-order valence-electron chi connectivity index (χ1n) is 5.90. The molecule has 0 spiro atoms. The van der Waals surface area contributed by atoms with Crippen molar-refractivity contribution in [3.63, 3.8) is 0 Å². The van der Waals surface area contributed by atoms with Gasteiger partial charge in [-0.25, -0.2) is 0 Å². The standard InChI is InChI=1S/C16H18O/c1-11-9-12(2)15(13(3)10-11)16(17)14-7-5-4-6-8-14/h4-10,16-17H,1-3H3. The molecule has 0 heterocycles. The van der Waals surface area contributed by atoms with E-state index in [1.54, 1.807) is 0 Å². The minimum atomic E-state index is -0.531. The summed E-state index contributed by atoms with van der Waals surface area (Å²) in [6, 6.07) is 14.0. The van der Waals surface area contributed by atoms with Crippen LogP contribution in [0.15, 0.2) is 42.5 Å². The van der Waals surface area contributed by atoms with Crippen LogP contribution in [-0.4, -0.2) is 5.11 Å². The maximum absolute atomic E-state index is 10.4. The van der Waals surface area contributed by atoms with Crippen molar-refractivity contribution in [3.05, 3.63) is 70.3 Å². The molecule has 1 unspecified atom stereocenters. The maximum Gasteiger partial charge on any atom is 0.105 e. The molecule has 0 aliphatic carbocycles. The fourth-order valence-corrected chi connectivity index (χ4v) is 2.42. The molecular weight excluding hydrogens is 208 g/mol. The summed E-state index contributed by atoms with van der Waals surface area (Å²) >= 11 is 0. The Morgan fingerprint density at radius 1 is 0.882 bits per heavy atom. The zero-order chi connectivity index (χ0) is 12.4. The monoisotopic (exact) mass is 226 g/mol. The lowest BCUT2D eigenvalue weighted by molar-refractivity contribution is 0.219. The van der Waals surface area contributed by atoms with Gasteiger partial charge in [-0.1, -0.05) is 48.0 Å². The molecule has 1 heteroatoms. The van der Waals surface area contributed by atoms with Gasteiger partial charge < -0.3 is 5.11 Å². The Morgan fingerprint density at radius 3 is 1.94 bits per heavy atom. The Hall–Kier alpha value is -1.60. The summed E-state index contributed by atoms with van der Waals surface area (Å²) in [5.41, 5.74) is 5.52. The normalized spacial score (nSPS) is 12.5. The van der Waals surface area contributed by atoms with Gasteiger partial charge in [0.2, 0.25) is 0 Å². The topological polar surface area (TPSA) is 20.2 Å². The molecule has 0 bridgehead atoms. The number of hydrogen-bond acceptors (Lipinski definition) is 1. The van der Waals surface area contributed by atoms with Gasteiger partial charge in [-0.05, 0) is 43.0 Å². The number of rotatable bonds is 2. The summed E-state index contributed by atoms with van der Waals surface area (Å²) in [5, 5.41) is 10.4. The van der Waals surface area contributed by atoms with E-state index in [1.807, 2.05) is 30.3 Å². The largest absolute Gasteiger partial charge is 0.384 e. The van der Waals surface area contributed by atoms with Crippen LogP contribution in [0.2, 0.25) is 0 Å². The van der Waals surface area contributed by atoms with E-state index in [2.05, 4.69) is 32.9 Å². The molecule has 0 saturated carbocycles. The van der Waals surface area contributed by atoms with Crippen LogP contribution in [0.25, 0.3) is 0 Å². The third kappa shape index (κ3) is 2.40. The van der Waals surface area contributed by atoms with Crippen LogP contribution < -0.4 is 0 Å². The van der Waals surface area contributed by atoms with Gasteiger partial charge in [0.05, 0.1) is 0 Å². The predicted octanol–water partition coefficient (Wildman–Crippen LogP) is 3.69. The van der Waals surface area contributed by atoms with Gasteiger partial charge in [0.15, 0.2) is 0 Å². The molecule has 1 atom stereocenters. The van der Waals surface area contributed by atoms with Crippen molar-refractivity contribution in [2.45, 2.75) is 26.9 Å². The number of benzene rings is 2. The highest BCUT2D eigenvalue weighted by Gasteiger charge is 2.15. The summed E-state index contributed by atoms with van der Waals surface area (Å²) in [4.78, 5) is 0. The molecule has 17 heavy (non-hydrogen) atoms. The highest BCUT2D eigenvalue weighted by atomic mass is 16.3. The number of aryl methyl sites for hydroxylation is 3. The SMILES string of the molecule is Cc1cc(C)c(C(O)c2ccccc2)c(C)c1. The first kappa shape index (κ1) is 11.9. The minimum Gasteiger partial charge on any atom is -0.384 e. The number of aliphatic hydroxyl groups is 1. The van der Waals surface area contributed by atoms with E-state index >= 15 is 0 Å². The zero-order valence-electron chi connectivity index (χ0n) is 10.6. The van der Waals surface area contributed by atoms with Crippen molar-refractivity contribution in [2.75, 3.05) is 0 Å². The van der Waals surface area contributed by atoms with Crippen LogP contribution >= 0.6 is 0 Å². The number of hydrogen-bond donors (Lipinski definition) is 1. The average Bonchev–Trinajstić information content (AvgIpc) is 2.28. The molecule has 88 valence electrons. The summed E-state index contributed by atoms with van der Waals surface area (Å²) in [6.45, 7) is 6.20. The molecule has 0 fully saturated rings. The summed E-state index contributed by atoms with van der Waals surface area (Å²) in [6.07, 6.45) is -0.531. The Bertz CT molecular complexity index is 491. The summed E-state index contributed by atoms with van der Waals surface area (Å²) in [7, 11) is 0. The first-order chi connectivity index (χ1) is 8.09. The molecule has 0 saturated heterocycles.